The maximum absolute atomic E-state index is 5.52. The van der Waals surface area contributed by atoms with Gasteiger partial charge in [0.15, 0.2) is 0 Å². The summed E-state index contributed by atoms with van der Waals surface area (Å²) >= 11 is 0. The Kier molecular flexibility index (Phi) is 2.85. The topological polar surface area (TPSA) is 12.5 Å². The SMILES string of the molecule is Cc1ccccc1C1COCCN1C. The molecule has 2 nitrogen and oxygen atoms in total. The van der Waals surface area contributed by atoms with Crippen LogP contribution in [0.3, 0.4) is 0 Å². The summed E-state index contributed by atoms with van der Waals surface area (Å²) in [6, 6.07) is 8.99. The lowest BCUT2D eigenvalue weighted by Crippen LogP contribution is -2.36. The van der Waals surface area contributed by atoms with Gasteiger partial charge < -0.3 is 4.74 Å². The third-order valence-electron chi connectivity index (χ3n) is 2.94. The second-order valence-electron chi connectivity index (χ2n) is 3.93. The molecule has 0 N–H and O–H groups in total. The predicted octanol–water partition coefficient (Wildman–Crippen LogP) is 2.00. The lowest BCUT2D eigenvalue weighted by molar-refractivity contribution is 0.00483. The van der Waals surface area contributed by atoms with Crippen molar-refractivity contribution in [1.29, 1.82) is 0 Å². The van der Waals surface area contributed by atoms with Crippen molar-refractivity contribution in [3.8, 4) is 0 Å². The van der Waals surface area contributed by atoms with Crippen LogP contribution >= 0.6 is 0 Å². The van der Waals surface area contributed by atoms with Crippen LogP contribution in [0.5, 0.6) is 0 Å². The third-order valence-corrected chi connectivity index (χ3v) is 2.94. The van der Waals surface area contributed by atoms with Crippen molar-refractivity contribution in [3.63, 3.8) is 0 Å². The molecule has 1 aliphatic heterocycles. The standard InChI is InChI=1S/C12H17NO/c1-10-5-3-4-6-11(10)12-9-14-8-7-13(12)2/h3-6,12H,7-9H2,1-2H3. The van der Waals surface area contributed by atoms with Crippen molar-refractivity contribution in [3.05, 3.63) is 35.4 Å². The number of morpholine rings is 1. The van der Waals surface area contributed by atoms with Crippen LogP contribution in [-0.4, -0.2) is 31.7 Å². The van der Waals surface area contributed by atoms with Gasteiger partial charge in [-0.25, -0.2) is 0 Å². The van der Waals surface area contributed by atoms with Gasteiger partial charge in [-0.2, -0.15) is 0 Å². The van der Waals surface area contributed by atoms with Crippen LogP contribution < -0.4 is 0 Å². The van der Waals surface area contributed by atoms with Crippen molar-refractivity contribution < 1.29 is 4.74 Å². The second-order valence-corrected chi connectivity index (χ2v) is 3.93. The molecule has 0 bridgehead atoms. The van der Waals surface area contributed by atoms with E-state index < -0.39 is 0 Å². The summed E-state index contributed by atoms with van der Waals surface area (Å²) in [6.07, 6.45) is 0. The minimum atomic E-state index is 0.435. The van der Waals surface area contributed by atoms with Gasteiger partial charge in [0.1, 0.15) is 0 Å². The summed E-state index contributed by atoms with van der Waals surface area (Å²) in [7, 11) is 2.17. The van der Waals surface area contributed by atoms with Gasteiger partial charge in [0.05, 0.1) is 19.3 Å². The summed E-state index contributed by atoms with van der Waals surface area (Å²) in [5.74, 6) is 0. The lowest BCUT2D eigenvalue weighted by Gasteiger charge is -2.33. The van der Waals surface area contributed by atoms with E-state index in [2.05, 4.69) is 43.1 Å². The van der Waals surface area contributed by atoms with E-state index in [1.54, 1.807) is 0 Å². The van der Waals surface area contributed by atoms with Gasteiger partial charge in [-0.15, -0.1) is 0 Å². The molecule has 1 saturated heterocycles. The molecule has 0 radical (unpaired) electrons. The van der Waals surface area contributed by atoms with E-state index in [-0.39, 0.29) is 0 Å². The molecule has 1 aromatic carbocycles. The highest BCUT2D eigenvalue weighted by atomic mass is 16.5. The van der Waals surface area contributed by atoms with Crippen molar-refractivity contribution in [2.75, 3.05) is 26.8 Å². The minimum Gasteiger partial charge on any atom is -0.378 e. The highest BCUT2D eigenvalue weighted by Crippen LogP contribution is 2.24. The molecule has 1 aromatic rings. The summed E-state index contributed by atoms with van der Waals surface area (Å²) in [5, 5.41) is 0. The van der Waals surface area contributed by atoms with Gasteiger partial charge in [-0.3, -0.25) is 4.90 Å². The van der Waals surface area contributed by atoms with Crippen LogP contribution in [0.1, 0.15) is 17.2 Å². The zero-order valence-corrected chi connectivity index (χ0v) is 8.86. The van der Waals surface area contributed by atoms with Crippen LogP contribution in [0.25, 0.3) is 0 Å². The Morgan fingerprint density at radius 2 is 2.14 bits per heavy atom. The summed E-state index contributed by atoms with van der Waals surface area (Å²) in [4.78, 5) is 2.37. The molecular formula is C12H17NO. The quantitative estimate of drug-likeness (QED) is 0.673. The maximum atomic E-state index is 5.52. The number of rotatable bonds is 1. The largest absolute Gasteiger partial charge is 0.378 e. The van der Waals surface area contributed by atoms with Gasteiger partial charge in [0.25, 0.3) is 0 Å². The number of hydrogen-bond acceptors (Lipinski definition) is 2. The molecule has 1 heterocycles. The normalized spacial score (nSPS) is 23.7. The zero-order chi connectivity index (χ0) is 9.97. The van der Waals surface area contributed by atoms with Gasteiger partial charge in [-0.05, 0) is 25.1 Å². The van der Waals surface area contributed by atoms with E-state index in [1.807, 2.05) is 0 Å². The number of likely N-dealkylation sites (N-methyl/N-ethyl adjacent to an activating group) is 1. The molecule has 76 valence electrons. The van der Waals surface area contributed by atoms with E-state index in [0.717, 1.165) is 19.8 Å². The fourth-order valence-electron chi connectivity index (χ4n) is 1.97. The average Bonchev–Trinajstić information content (AvgIpc) is 2.20. The van der Waals surface area contributed by atoms with E-state index in [9.17, 15) is 0 Å². The van der Waals surface area contributed by atoms with E-state index in [1.165, 1.54) is 11.1 Å². The van der Waals surface area contributed by atoms with Gasteiger partial charge in [0, 0.05) is 6.54 Å². The number of aryl methyl sites for hydroxylation is 1. The molecule has 0 spiro atoms. The first-order chi connectivity index (χ1) is 6.79. The lowest BCUT2D eigenvalue weighted by atomic mass is 10.0. The van der Waals surface area contributed by atoms with Crippen LogP contribution in [-0.2, 0) is 4.74 Å². The Morgan fingerprint density at radius 1 is 1.36 bits per heavy atom. The molecular weight excluding hydrogens is 174 g/mol. The van der Waals surface area contributed by atoms with Crippen LogP contribution in [0.4, 0.5) is 0 Å². The molecule has 0 aliphatic carbocycles. The van der Waals surface area contributed by atoms with Crippen molar-refractivity contribution >= 4 is 0 Å². The molecule has 2 rings (SSSR count). The second kappa shape index (κ2) is 4.11. The monoisotopic (exact) mass is 191 g/mol. The van der Waals surface area contributed by atoms with Crippen LogP contribution in [0, 0.1) is 6.92 Å². The van der Waals surface area contributed by atoms with Crippen molar-refractivity contribution in [2.45, 2.75) is 13.0 Å². The van der Waals surface area contributed by atoms with Crippen molar-refractivity contribution in [2.24, 2.45) is 0 Å². The van der Waals surface area contributed by atoms with Crippen LogP contribution in [0.2, 0.25) is 0 Å². The van der Waals surface area contributed by atoms with E-state index in [0.29, 0.717) is 6.04 Å². The van der Waals surface area contributed by atoms with Gasteiger partial charge >= 0.3 is 0 Å². The maximum Gasteiger partial charge on any atom is 0.0664 e. The van der Waals surface area contributed by atoms with Crippen LogP contribution in [0.15, 0.2) is 24.3 Å². The summed E-state index contributed by atoms with van der Waals surface area (Å²) in [6.45, 7) is 4.87. The first-order valence-electron chi connectivity index (χ1n) is 5.12. The molecule has 1 atom stereocenters. The average molecular weight is 191 g/mol. The third kappa shape index (κ3) is 1.81. The Labute approximate surface area is 85.5 Å². The molecule has 14 heavy (non-hydrogen) atoms. The molecule has 0 saturated carbocycles. The van der Waals surface area contributed by atoms with E-state index in [4.69, 9.17) is 4.74 Å². The number of ether oxygens (including phenoxy) is 1. The summed E-state index contributed by atoms with van der Waals surface area (Å²) < 4.78 is 5.52. The molecule has 1 unspecified atom stereocenters. The fraction of sp³-hybridized carbons (Fsp3) is 0.500. The molecule has 2 heteroatoms. The number of benzene rings is 1. The number of nitrogens with zero attached hydrogens (tertiary/aromatic N) is 1. The number of hydrogen-bond donors (Lipinski definition) is 0. The van der Waals surface area contributed by atoms with Crippen molar-refractivity contribution in [1.82, 2.24) is 4.90 Å². The molecule has 1 aliphatic rings. The molecule has 0 aromatic heterocycles. The Bertz CT molecular complexity index is 311. The fourth-order valence-corrected chi connectivity index (χ4v) is 1.97. The Balaban J connectivity index is 2.25. The molecule has 0 amide bonds. The van der Waals surface area contributed by atoms with Gasteiger partial charge in [-0.1, -0.05) is 24.3 Å². The van der Waals surface area contributed by atoms with Gasteiger partial charge in [0.2, 0.25) is 0 Å². The minimum absolute atomic E-state index is 0.435. The van der Waals surface area contributed by atoms with E-state index >= 15 is 0 Å². The first-order valence-corrected chi connectivity index (χ1v) is 5.12. The highest BCUT2D eigenvalue weighted by Gasteiger charge is 2.21. The first kappa shape index (κ1) is 9.69. The predicted molar refractivity (Wildman–Crippen MR) is 57.4 cm³/mol. The zero-order valence-electron chi connectivity index (χ0n) is 8.86. The highest BCUT2D eigenvalue weighted by molar-refractivity contribution is 5.29. The Morgan fingerprint density at radius 3 is 2.86 bits per heavy atom. The summed E-state index contributed by atoms with van der Waals surface area (Å²) in [5.41, 5.74) is 2.75. The smallest absolute Gasteiger partial charge is 0.0664 e. The Hall–Kier alpha value is -0.860. The molecule has 1 fully saturated rings.